The van der Waals surface area contributed by atoms with Gasteiger partial charge in [-0.05, 0) is 48.9 Å². The Morgan fingerprint density at radius 1 is 1.23 bits per heavy atom. The predicted octanol–water partition coefficient (Wildman–Crippen LogP) is 2.95. The molecule has 0 radical (unpaired) electrons. The van der Waals surface area contributed by atoms with Crippen LogP contribution in [0.2, 0.25) is 0 Å². The molecule has 0 spiro atoms. The van der Waals surface area contributed by atoms with E-state index in [9.17, 15) is 9.59 Å². The van der Waals surface area contributed by atoms with Gasteiger partial charge in [0.2, 0.25) is 0 Å². The van der Waals surface area contributed by atoms with E-state index in [0.717, 1.165) is 53.8 Å². The zero-order chi connectivity index (χ0) is 17.9. The molecule has 2 N–H and O–H groups in total. The van der Waals surface area contributed by atoms with Crippen molar-refractivity contribution in [1.82, 2.24) is 15.2 Å². The highest BCUT2D eigenvalue weighted by Gasteiger charge is 2.18. The van der Waals surface area contributed by atoms with Crippen LogP contribution in [0, 0.1) is 0 Å². The lowest BCUT2D eigenvalue weighted by molar-refractivity contribution is 0.103. The molecule has 4 rings (SSSR count). The lowest BCUT2D eigenvalue weighted by Crippen LogP contribution is -2.23. The molecule has 3 aromatic rings. The number of carbonyl (C=O) groups excluding carboxylic acids is 1. The molecule has 132 valence electrons. The van der Waals surface area contributed by atoms with Crippen LogP contribution < -0.4 is 10.9 Å². The third-order valence-electron chi connectivity index (χ3n) is 4.60. The Morgan fingerprint density at radius 3 is 2.88 bits per heavy atom. The Bertz CT molecular complexity index is 995. The molecule has 6 nitrogen and oxygen atoms in total. The first kappa shape index (κ1) is 16.7. The zero-order valence-corrected chi connectivity index (χ0v) is 14.9. The third kappa shape index (κ3) is 3.43. The largest absolute Gasteiger partial charge is 0.321 e. The van der Waals surface area contributed by atoms with Crippen LogP contribution in [0.15, 0.2) is 40.8 Å². The standard InChI is InChI=1S/C19H18N4O2S/c24-18-15-7-2-1-6-14(15)16(22-23-18)9-12-4-3-5-13(8-12)21-19(25)17-10-20-11-26-17/h3-5,8,10-11H,1-2,6-7,9H2,(H,21,25)(H,23,24). The summed E-state index contributed by atoms with van der Waals surface area (Å²) in [6.07, 6.45) is 6.06. The van der Waals surface area contributed by atoms with Crippen molar-refractivity contribution in [3.05, 3.63) is 73.6 Å². The number of rotatable bonds is 4. The van der Waals surface area contributed by atoms with Crippen molar-refractivity contribution in [3.63, 3.8) is 0 Å². The average Bonchev–Trinajstić information content (AvgIpc) is 3.20. The van der Waals surface area contributed by atoms with Crippen LogP contribution in [0.5, 0.6) is 0 Å². The second-order valence-electron chi connectivity index (χ2n) is 6.36. The minimum atomic E-state index is -0.163. The van der Waals surface area contributed by atoms with Gasteiger partial charge < -0.3 is 5.32 Å². The zero-order valence-electron chi connectivity index (χ0n) is 14.1. The van der Waals surface area contributed by atoms with Gasteiger partial charge in [0, 0.05) is 17.7 Å². The Balaban J connectivity index is 1.56. The van der Waals surface area contributed by atoms with Gasteiger partial charge in [0.1, 0.15) is 4.88 Å². The predicted molar refractivity (Wildman–Crippen MR) is 101 cm³/mol. The van der Waals surface area contributed by atoms with Crippen LogP contribution in [0.3, 0.4) is 0 Å². The molecule has 1 amide bonds. The van der Waals surface area contributed by atoms with Crippen LogP contribution in [0.4, 0.5) is 5.69 Å². The monoisotopic (exact) mass is 366 g/mol. The van der Waals surface area contributed by atoms with Gasteiger partial charge in [-0.3, -0.25) is 14.6 Å². The topological polar surface area (TPSA) is 87.7 Å². The fourth-order valence-electron chi connectivity index (χ4n) is 3.35. The fraction of sp³-hybridized carbons (Fsp3) is 0.263. The molecule has 0 atom stereocenters. The summed E-state index contributed by atoms with van der Waals surface area (Å²) in [7, 11) is 0. The summed E-state index contributed by atoms with van der Waals surface area (Å²) in [6, 6.07) is 7.72. The average molecular weight is 366 g/mol. The van der Waals surface area contributed by atoms with E-state index in [1.54, 1.807) is 11.7 Å². The number of benzene rings is 1. The van der Waals surface area contributed by atoms with Crippen molar-refractivity contribution in [2.75, 3.05) is 5.32 Å². The molecule has 1 aromatic carbocycles. The van der Waals surface area contributed by atoms with E-state index in [2.05, 4.69) is 20.5 Å². The Kier molecular flexibility index (Phi) is 4.62. The smallest absolute Gasteiger partial charge is 0.267 e. The van der Waals surface area contributed by atoms with E-state index in [0.29, 0.717) is 11.3 Å². The van der Waals surface area contributed by atoms with Gasteiger partial charge in [0.05, 0.1) is 17.4 Å². The number of thiazole rings is 1. The first-order valence-electron chi connectivity index (χ1n) is 8.59. The minimum Gasteiger partial charge on any atom is -0.321 e. The van der Waals surface area contributed by atoms with Crippen molar-refractivity contribution in [1.29, 1.82) is 0 Å². The summed E-state index contributed by atoms with van der Waals surface area (Å²) in [4.78, 5) is 28.7. The molecular weight excluding hydrogens is 348 g/mol. The van der Waals surface area contributed by atoms with Crippen LogP contribution in [0.1, 0.15) is 44.9 Å². The maximum Gasteiger partial charge on any atom is 0.267 e. The number of fused-ring (bicyclic) bond motifs is 1. The first-order valence-corrected chi connectivity index (χ1v) is 9.47. The van der Waals surface area contributed by atoms with Gasteiger partial charge in [0.15, 0.2) is 0 Å². The van der Waals surface area contributed by atoms with Gasteiger partial charge in [-0.25, -0.2) is 5.10 Å². The van der Waals surface area contributed by atoms with Crippen LogP contribution >= 0.6 is 11.3 Å². The van der Waals surface area contributed by atoms with Crippen LogP contribution in [-0.2, 0) is 19.3 Å². The van der Waals surface area contributed by atoms with Gasteiger partial charge in [-0.15, -0.1) is 11.3 Å². The molecule has 1 aliphatic rings. The maximum absolute atomic E-state index is 12.2. The number of H-pyrrole nitrogens is 1. The molecule has 26 heavy (non-hydrogen) atoms. The van der Waals surface area contributed by atoms with Crippen molar-refractivity contribution in [3.8, 4) is 0 Å². The van der Waals surface area contributed by atoms with Gasteiger partial charge in [-0.2, -0.15) is 5.10 Å². The molecule has 0 saturated carbocycles. The van der Waals surface area contributed by atoms with Crippen molar-refractivity contribution >= 4 is 22.9 Å². The van der Waals surface area contributed by atoms with Crippen LogP contribution in [-0.4, -0.2) is 21.1 Å². The summed E-state index contributed by atoms with van der Waals surface area (Å²) in [5, 5.41) is 9.81. The van der Waals surface area contributed by atoms with E-state index in [1.807, 2.05) is 24.3 Å². The number of carbonyl (C=O) groups is 1. The molecular formula is C19H18N4O2S. The van der Waals surface area contributed by atoms with Gasteiger partial charge in [0.25, 0.3) is 11.5 Å². The van der Waals surface area contributed by atoms with Crippen molar-refractivity contribution < 1.29 is 4.79 Å². The number of aromatic amines is 1. The molecule has 2 heterocycles. The van der Waals surface area contributed by atoms with E-state index in [1.165, 1.54) is 11.3 Å². The Labute approximate surface area is 154 Å². The molecule has 2 aromatic heterocycles. The number of nitrogens with zero attached hydrogens (tertiary/aromatic N) is 2. The molecule has 0 unspecified atom stereocenters. The quantitative estimate of drug-likeness (QED) is 0.743. The minimum absolute atomic E-state index is 0.0611. The summed E-state index contributed by atoms with van der Waals surface area (Å²) in [6.45, 7) is 0. The Hall–Kier alpha value is -2.80. The number of amides is 1. The fourth-order valence-corrected chi connectivity index (χ4v) is 3.86. The molecule has 0 fully saturated rings. The highest BCUT2D eigenvalue weighted by molar-refractivity contribution is 7.11. The third-order valence-corrected chi connectivity index (χ3v) is 5.37. The molecule has 7 heteroatoms. The van der Waals surface area contributed by atoms with E-state index < -0.39 is 0 Å². The number of hydrogen-bond acceptors (Lipinski definition) is 5. The first-order chi connectivity index (χ1) is 12.7. The van der Waals surface area contributed by atoms with Gasteiger partial charge >= 0.3 is 0 Å². The van der Waals surface area contributed by atoms with E-state index in [4.69, 9.17) is 0 Å². The summed E-state index contributed by atoms with van der Waals surface area (Å²) in [5.41, 5.74) is 6.25. The number of nitrogens with one attached hydrogen (secondary N) is 2. The molecule has 1 aliphatic carbocycles. The van der Waals surface area contributed by atoms with E-state index >= 15 is 0 Å². The Morgan fingerprint density at radius 2 is 2.08 bits per heavy atom. The highest BCUT2D eigenvalue weighted by Crippen LogP contribution is 2.23. The number of anilines is 1. The maximum atomic E-state index is 12.2. The van der Waals surface area contributed by atoms with Gasteiger partial charge in [-0.1, -0.05) is 12.1 Å². The lowest BCUT2D eigenvalue weighted by atomic mass is 9.90. The highest BCUT2D eigenvalue weighted by atomic mass is 32.1. The van der Waals surface area contributed by atoms with Crippen molar-refractivity contribution in [2.45, 2.75) is 32.1 Å². The second kappa shape index (κ2) is 7.21. The summed E-state index contributed by atoms with van der Waals surface area (Å²) >= 11 is 1.31. The second-order valence-corrected chi connectivity index (χ2v) is 7.25. The lowest BCUT2D eigenvalue weighted by Gasteiger charge is -2.17. The summed E-state index contributed by atoms with van der Waals surface area (Å²) in [5.74, 6) is -0.163. The molecule has 0 bridgehead atoms. The van der Waals surface area contributed by atoms with Crippen LogP contribution in [0.25, 0.3) is 0 Å². The SMILES string of the molecule is O=C(Nc1cccc(Cc2n[nH]c(=O)c3c2CCCC3)c1)c1cncs1. The molecule has 0 aliphatic heterocycles. The summed E-state index contributed by atoms with van der Waals surface area (Å²) < 4.78 is 0. The van der Waals surface area contributed by atoms with Crippen molar-refractivity contribution in [2.24, 2.45) is 0 Å². The number of aromatic nitrogens is 3. The van der Waals surface area contributed by atoms with E-state index in [-0.39, 0.29) is 11.5 Å². The molecule has 0 saturated heterocycles. The normalized spacial score (nSPS) is 13.2. The number of hydrogen-bond donors (Lipinski definition) is 2.